The van der Waals surface area contributed by atoms with Crippen molar-refractivity contribution in [3.8, 4) is 10.6 Å². The lowest BCUT2D eigenvalue weighted by molar-refractivity contribution is -0.122. The van der Waals surface area contributed by atoms with E-state index in [0.717, 1.165) is 39.7 Å². The monoisotopic (exact) mass is 414 g/mol. The predicted molar refractivity (Wildman–Crippen MR) is 110 cm³/mol. The van der Waals surface area contributed by atoms with E-state index < -0.39 is 0 Å². The van der Waals surface area contributed by atoms with Gasteiger partial charge < -0.3 is 5.32 Å². The molecule has 1 saturated carbocycles. The Morgan fingerprint density at radius 2 is 2.07 bits per heavy atom. The fraction of sp³-hybridized carbons (Fsp3) is 0.300. The summed E-state index contributed by atoms with van der Waals surface area (Å²) in [6.45, 7) is 2.17. The number of hydrogen-bond donors (Lipinski definition) is 1. The Kier molecular flexibility index (Phi) is 5.28. The fourth-order valence-corrected chi connectivity index (χ4v) is 4.21. The van der Waals surface area contributed by atoms with Gasteiger partial charge in [-0.1, -0.05) is 29.8 Å². The average molecular weight is 415 g/mol. The zero-order chi connectivity index (χ0) is 19.7. The summed E-state index contributed by atoms with van der Waals surface area (Å²) in [5.41, 5.74) is 2.35. The van der Waals surface area contributed by atoms with Crippen LogP contribution in [0, 0.1) is 6.92 Å². The average Bonchev–Trinajstić information content (AvgIpc) is 3.45. The molecule has 4 rings (SSSR count). The number of carbonyl (C=O) groups is 1. The van der Waals surface area contributed by atoms with Crippen molar-refractivity contribution < 1.29 is 4.79 Å². The van der Waals surface area contributed by atoms with Crippen molar-refractivity contribution in [2.45, 2.75) is 38.8 Å². The molecule has 28 heavy (non-hydrogen) atoms. The second-order valence-corrected chi connectivity index (χ2v) is 8.30. The van der Waals surface area contributed by atoms with Gasteiger partial charge in [0.2, 0.25) is 5.91 Å². The Morgan fingerprint density at radius 3 is 2.82 bits per heavy atom. The van der Waals surface area contributed by atoms with Crippen LogP contribution in [-0.4, -0.2) is 20.7 Å². The molecular weight excluding hydrogens is 396 g/mol. The predicted octanol–water partition coefficient (Wildman–Crippen LogP) is 3.52. The number of aryl methyl sites for hydroxylation is 1. The molecule has 2 aromatic heterocycles. The van der Waals surface area contributed by atoms with Gasteiger partial charge in [0, 0.05) is 22.4 Å². The van der Waals surface area contributed by atoms with Crippen LogP contribution in [0.5, 0.6) is 0 Å². The van der Waals surface area contributed by atoms with E-state index in [-0.39, 0.29) is 18.0 Å². The molecule has 0 saturated heterocycles. The molecular formula is C20H19ClN4O2S. The molecule has 1 aliphatic rings. The third-order valence-electron chi connectivity index (χ3n) is 4.62. The number of halogens is 1. The molecule has 1 aromatic carbocycles. The molecule has 6 nitrogen and oxygen atoms in total. The molecule has 0 radical (unpaired) electrons. The molecule has 1 fully saturated rings. The molecule has 1 aliphatic carbocycles. The van der Waals surface area contributed by atoms with Gasteiger partial charge in [-0.2, -0.15) is 5.10 Å². The van der Waals surface area contributed by atoms with E-state index in [1.54, 1.807) is 6.07 Å². The summed E-state index contributed by atoms with van der Waals surface area (Å²) in [6.07, 6.45) is 2.19. The molecule has 8 heteroatoms. The minimum absolute atomic E-state index is 0.0887. The number of nitrogens with one attached hydrogen (secondary N) is 1. The molecule has 1 N–H and O–H groups in total. The lowest BCUT2D eigenvalue weighted by Gasteiger charge is -2.07. The zero-order valence-electron chi connectivity index (χ0n) is 15.3. The van der Waals surface area contributed by atoms with Crippen molar-refractivity contribution in [1.82, 2.24) is 20.1 Å². The van der Waals surface area contributed by atoms with E-state index in [4.69, 9.17) is 11.6 Å². The summed E-state index contributed by atoms with van der Waals surface area (Å²) in [7, 11) is 0. The fourth-order valence-electron chi connectivity index (χ4n) is 2.89. The zero-order valence-corrected chi connectivity index (χ0v) is 16.9. The van der Waals surface area contributed by atoms with Gasteiger partial charge in [0.15, 0.2) is 0 Å². The van der Waals surface area contributed by atoms with E-state index in [9.17, 15) is 9.59 Å². The summed E-state index contributed by atoms with van der Waals surface area (Å²) < 4.78 is 1.23. The van der Waals surface area contributed by atoms with Crippen LogP contribution in [0.3, 0.4) is 0 Å². The Hall–Kier alpha value is -2.51. The van der Waals surface area contributed by atoms with E-state index in [1.807, 2.05) is 31.2 Å². The lowest BCUT2D eigenvalue weighted by Crippen LogP contribution is -2.33. The Balaban J connectivity index is 1.42. The first-order chi connectivity index (χ1) is 13.5. The van der Waals surface area contributed by atoms with Crippen LogP contribution in [0.1, 0.15) is 35.0 Å². The van der Waals surface area contributed by atoms with Crippen LogP contribution >= 0.6 is 22.9 Å². The van der Waals surface area contributed by atoms with Crippen molar-refractivity contribution in [3.63, 3.8) is 0 Å². The van der Waals surface area contributed by atoms with Gasteiger partial charge in [0.1, 0.15) is 11.6 Å². The van der Waals surface area contributed by atoms with E-state index in [1.165, 1.54) is 22.1 Å². The molecule has 2 heterocycles. The summed E-state index contributed by atoms with van der Waals surface area (Å²) >= 11 is 7.75. The van der Waals surface area contributed by atoms with E-state index in [0.29, 0.717) is 17.5 Å². The number of rotatable bonds is 6. The molecule has 0 aliphatic heterocycles. The number of benzene rings is 1. The van der Waals surface area contributed by atoms with Crippen LogP contribution in [0.2, 0.25) is 5.02 Å². The van der Waals surface area contributed by atoms with Crippen molar-refractivity contribution in [2.24, 2.45) is 0 Å². The first-order valence-electron chi connectivity index (χ1n) is 9.07. The van der Waals surface area contributed by atoms with Gasteiger partial charge in [-0.25, -0.2) is 9.67 Å². The quantitative estimate of drug-likeness (QED) is 0.669. The highest BCUT2D eigenvalue weighted by Crippen LogP contribution is 2.38. The van der Waals surface area contributed by atoms with Crippen LogP contribution in [0.15, 0.2) is 41.2 Å². The van der Waals surface area contributed by atoms with Crippen LogP contribution in [0.25, 0.3) is 10.6 Å². The molecule has 3 aromatic rings. The minimum Gasteiger partial charge on any atom is -0.350 e. The standard InChI is InChI=1S/C20H19ClN4O2S/c1-12-17(28-20(23-12)14-4-2-3-5-15(14)21)10-22-18(26)11-25-19(27)9-8-16(24-25)13-6-7-13/h2-5,8-9,13H,6-7,10-11H2,1H3,(H,22,26). The number of hydrogen-bond acceptors (Lipinski definition) is 5. The van der Waals surface area contributed by atoms with Gasteiger partial charge in [-0.15, -0.1) is 11.3 Å². The summed E-state index contributed by atoms with van der Waals surface area (Å²) in [4.78, 5) is 29.8. The smallest absolute Gasteiger partial charge is 0.267 e. The highest BCUT2D eigenvalue weighted by atomic mass is 35.5. The molecule has 0 bridgehead atoms. The molecule has 0 atom stereocenters. The van der Waals surface area contributed by atoms with Gasteiger partial charge in [0.05, 0.1) is 23.0 Å². The third-order valence-corrected chi connectivity index (χ3v) is 6.14. The first kappa shape index (κ1) is 18.8. The molecule has 144 valence electrons. The van der Waals surface area contributed by atoms with Crippen molar-refractivity contribution in [2.75, 3.05) is 0 Å². The summed E-state index contributed by atoms with van der Waals surface area (Å²) in [5, 5.41) is 8.64. The van der Waals surface area contributed by atoms with Crippen molar-refractivity contribution in [3.05, 3.63) is 68.0 Å². The normalized spacial score (nSPS) is 13.5. The number of carbonyl (C=O) groups excluding carboxylic acids is 1. The van der Waals surface area contributed by atoms with Gasteiger partial charge >= 0.3 is 0 Å². The second kappa shape index (κ2) is 7.85. The summed E-state index contributed by atoms with van der Waals surface area (Å²) in [5.74, 6) is 0.174. The number of amides is 1. The maximum absolute atomic E-state index is 12.3. The van der Waals surface area contributed by atoms with E-state index >= 15 is 0 Å². The number of aromatic nitrogens is 3. The maximum atomic E-state index is 12.3. The highest BCUT2D eigenvalue weighted by molar-refractivity contribution is 7.15. The van der Waals surface area contributed by atoms with Gasteiger partial charge in [-0.3, -0.25) is 9.59 Å². The summed E-state index contributed by atoms with van der Waals surface area (Å²) in [6, 6.07) is 10.8. The Bertz CT molecular complexity index is 1090. The maximum Gasteiger partial charge on any atom is 0.267 e. The third kappa shape index (κ3) is 4.15. The van der Waals surface area contributed by atoms with E-state index in [2.05, 4.69) is 15.4 Å². The number of thiazole rings is 1. The van der Waals surface area contributed by atoms with Crippen LogP contribution < -0.4 is 10.9 Å². The Labute approximate surface area is 171 Å². The number of nitrogens with zero attached hydrogens (tertiary/aromatic N) is 3. The van der Waals surface area contributed by atoms with Crippen LogP contribution in [0.4, 0.5) is 0 Å². The second-order valence-electron chi connectivity index (χ2n) is 6.81. The first-order valence-corrected chi connectivity index (χ1v) is 10.3. The van der Waals surface area contributed by atoms with Crippen LogP contribution in [-0.2, 0) is 17.9 Å². The van der Waals surface area contributed by atoms with Crippen molar-refractivity contribution in [1.29, 1.82) is 0 Å². The Morgan fingerprint density at radius 1 is 1.29 bits per heavy atom. The SMILES string of the molecule is Cc1nc(-c2ccccc2Cl)sc1CNC(=O)Cn1nc(C2CC2)ccc1=O. The van der Waals surface area contributed by atoms with Gasteiger partial charge in [-0.05, 0) is 31.9 Å². The topological polar surface area (TPSA) is 76.9 Å². The highest BCUT2D eigenvalue weighted by Gasteiger charge is 2.25. The molecule has 0 spiro atoms. The minimum atomic E-state index is -0.269. The lowest BCUT2D eigenvalue weighted by atomic mass is 10.2. The van der Waals surface area contributed by atoms with Crippen molar-refractivity contribution >= 4 is 28.8 Å². The molecule has 1 amide bonds. The van der Waals surface area contributed by atoms with Gasteiger partial charge in [0.25, 0.3) is 5.56 Å². The molecule has 0 unspecified atom stereocenters. The largest absolute Gasteiger partial charge is 0.350 e.